The van der Waals surface area contributed by atoms with Crippen molar-refractivity contribution in [3.05, 3.63) is 108 Å². The molecular formula is C26H28N2O3. The highest BCUT2D eigenvalue weighted by molar-refractivity contribution is 5.79. The minimum absolute atomic E-state index is 0.129. The third-order valence-electron chi connectivity index (χ3n) is 6.02. The van der Waals surface area contributed by atoms with Gasteiger partial charge in [0.1, 0.15) is 11.1 Å². The summed E-state index contributed by atoms with van der Waals surface area (Å²) in [5, 5.41) is 13.7. The average molecular weight is 417 g/mol. The lowest BCUT2D eigenvalue weighted by molar-refractivity contribution is -0.190. The second kappa shape index (κ2) is 9.02. The van der Waals surface area contributed by atoms with E-state index in [2.05, 4.69) is 5.32 Å². The summed E-state index contributed by atoms with van der Waals surface area (Å²) < 4.78 is 5.09. The Kier molecular flexibility index (Phi) is 6.18. The van der Waals surface area contributed by atoms with E-state index in [-0.39, 0.29) is 25.5 Å². The van der Waals surface area contributed by atoms with Gasteiger partial charge in [-0.3, -0.25) is 4.79 Å². The fourth-order valence-electron chi connectivity index (χ4n) is 4.13. The van der Waals surface area contributed by atoms with Crippen molar-refractivity contribution >= 4 is 5.91 Å². The Bertz CT molecular complexity index is 892. The number of aliphatic hydroxyl groups is 1. The van der Waals surface area contributed by atoms with E-state index >= 15 is 0 Å². The first-order chi connectivity index (χ1) is 15.0. The van der Waals surface area contributed by atoms with Crippen molar-refractivity contribution in [2.45, 2.75) is 30.0 Å². The van der Waals surface area contributed by atoms with Crippen LogP contribution in [-0.2, 0) is 15.1 Å². The number of nitrogens with one attached hydrogen (secondary N) is 1. The molecule has 1 fully saturated rings. The van der Waals surface area contributed by atoms with Crippen molar-refractivity contribution in [1.29, 1.82) is 0 Å². The van der Waals surface area contributed by atoms with E-state index in [0.717, 1.165) is 16.7 Å². The van der Waals surface area contributed by atoms with Gasteiger partial charge in [-0.25, -0.2) is 0 Å². The molecule has 4 rings (SSSR count). The first kappa shape index (κ1) is 21.2. The maximum atomic E-state index is 13.2. The number of rotatable bonds is 8. The molecule has 160 valence electrons. The highest BCUT2D eigenvalue weighted by atomic mass is 16.5. The Labute approximate surface area is 182 Å². The molecule has 1 aliphatic rings. The molecule has 1 atom stereocenters. The van der Waals surface area contributed by atoms with Crippen molar-refractivity contribution in [3.63, 3.8) is 0 Å². The molecule has 0 unspecified atom stereocenters. The molecule has 0 bridgehead atoms. The SMILES string of the molecule is N[C@H](CCC(=O)NC(c1ccccc1)(c1ccccc1)c1ccccc1)C1(O)COC1. The number of carbonyl (C=O) groups is 1. The van der Waals surface area contributed by atoms with E-state index in [0.29, 0.717) is 6.42 Å². The van der Waals surface area contributed by atoms with Gasteiger partial charge < -0.3 is 20.9 Å². The van der Waals surface area contributed by atoms with Crippen LogP contribution in [0.5, 0.6) is 0 Å². The van der Waals surface area contributed by atoms with Crippen LogP contribution in [0.15, 0.2) is 91.0 Å². The second-order valence-corrected chi connectivity index (χ2v) is 8.14. The summed E-state index contributed by atoms with van der Waals surface area (Å²) in [5.74, 6) is -0.129. The standard InChI is InChI=1S/C26H28N2O3/c27-23(25(30)18-31-19-25)16-17-24(29)28-26(20-10-4-1-5-11-20,21-12-6-2-7-13-21)22-14-8-3-9-15-22/h1-15,23,30H,16-19,27H2,(H,28,29)/t23-/m1/s1. The summed E-state index contributed by atoms with van der Waals surface area (Å²) >= 11 is 0. The summed E-state index contributed by atoms with van der Waals surface area (Å²) in [6.45, 7) is 0.440. The number of hydrogen-bond donors (Lipinski definition) is 3. The molecule has 3 aromatic rings. The van der Waals surface area contributed by atoms with Crippen molar-refractivity contribution in [2.75, 3.05) is 13.2 Å². The zero-order chi connectivity index (χ0) is 21.7. The topological polar surface area (TPSA) is 84.6 Å². The smallest absolute Gasteiger partial charge is 0.221 e. The quantitative estimate of drug-likeness (QED) is 0.493. The van der Waals surface area contributed by atoms with Gasteiger partial charge in [0.15, 0.2) is 0 Å². The summed E-state index contributed by atoms with van der Waals surface area (Å²) in [6.07, 6.45) is 0.581. The molecule has 0 spiro atoms. The maximum absolute atomic E-state index is 13.2. The van der Waals surface area contributed by atoms with Gasteiger partial charge in [-0.2, -0.15) is 0 Å². The lowest BCUT2D eigenvalue weighted by Crippen LogP contribution is -2.61. The average Bonchev–Trinajstić information content (AvgIpc) is 2.81. The Balaban J connectivity index is 1.69. The number of benzene rings is 3. The van der Waals surface area contributed by atoms with Crippen molar-refractivity contribution in [2.24, 2.45) is 5.73 Å². The molecule has 1 heterocycles. The number of nitrogens with two attached hydrogens (primary N) is 1. The van der Waals surface area contributed by atoms with Crippen LogP contribution in [0.2, 0.25) is 0 Å². The molecule has 1 aliphatic heterocycles. The van der Waals surface area contributed by atoms with Crippen LogP contribution in [0.1, 0.15) is 29.5 Å². The number of carbonyl (C=O) groups excluding carboxylic acids is 1. The predicted molar refractivity (Wildman–Crippen MR) is 120 cm³/mol. The lowest BCUT2D eigenvalue weighted by Gasteiger charge is -2.41. The van der Waals surface area contributed by atoms with E-state index in [1.165, 1.54) is 0 Å². The molecule has 3 aromatic carbocycles. The molecule has 0 saturated carbocycles. The van der Waals surface area contributed by atoms with Crippen LogP contribution in [0.3, 0.4) is 0 Å². The van der Waals surface area contributed by atoms with Gasteiger partial charge in [0.25, 0.3) is 0 Å². The Hall–Kier alpha value is -2.99. The maximum Gasteiger partial charge on any atom is 0.221 e. The highest BCUT2D eigenvalue weighted by Gasteiger charge is 2.42. The zero-order valence-corrected chi connectivity index (χ0v) is 17.4. The first-order valence-corrected chi connectivity index (χ1v) is 10.6. The zero-order valence-electron chi connectivity index (χ0n) is 17.4. The second-order valence-electron chi connectivity index (χ2n) is 8.14. The van der Waals surface area contributed by atoms with Crippen LogP contribution in [0.25, 0.3) is 0 Å². The third-order valence-corrected chi connectivity index (χ3v) is 6.02. The summed E-state index contributed by atoms with van der Waals surface area (Å²) in [7, 11) is 0. The van der Waals surface area contributed by atoms with Gasteiger partial charge in [0.05, 0.1) is 13.2 Å². The molecule has 0 aromatic heterocycles. The van der Waals surface area contributed by atoms with Gasteiger partial charge in [-0.15, -0.1) is 0 Å². The number of amides is 1. The van der Waals surface area contributed by atoms with Gasteiger partial charge in [0.2, 0.25) is 5.91 Å². The Morgan fingerprint density at radius 2 is 1.32 bits per heavy atom. The fourth-order valence-corrected chi connectivity index (χ4v) is 4.13. The molecule has 1 amide bonds. The molecule has 1 saturated heterocycles. The molecule has 0 radical (unpaired) electrons. The summed E-state index contributed by atoms with van der Waals surface area (Å²) in [5.41, 5.74) is 7.18. The van der Waals surface area contributed by atoms with Crippen molar-refractivity contribution < 1.29 is 14.6 Å². The molecular weight excluding hydrogens is 388 g/mol. The molecule has 4 N–H and O–H groups in total. The Morgan fingerprint density at radius 1 is 0.903 bits per heavy atom. The number of hydrogen-bond acceptors (Lipinski definition) is 4. The van der Waals surface area contributed by atoms with Gasteiger partial charge in [0, 0.05) is 12.5 Å². The molecule has 5 nitrogen and oxygen atoms in total. The van der Waals surface area contributed by atoms with Gasteiger partial charge in [-0.05, 0) is 23.1 Å². The predicted octanol–water partition coefficient (Wildman–Crippen LogP) is 2.96. The van der Waals surface area contributed by atoms with Crippen molar-refractivity contribution in [3.8, 4) is 0 Å². The van der Waals surface area contributed by atoms with Crippen LogP contribution in [0.4, 0.5) is 0 Å². The van der Waals surface area contributed by atoms with E-state index in [1.54, 1.807) is 0 Å². The van der Waals surface area contributed by atoms with E-state index in [1.807, 2.05) is 91.0 Å². The molecule has 0 aliphatic carbocycles. The monoisotopic (exact) mass is 416 g/mol. The van der Waals surface area contributed by atoms with Gasteiger partial charge in [-0.1, -0.05) is 91.0 Å². The van der Waals surface area contributed by atoms with Crippen LogP contribution in [-0.4, -0.2) is 35.9 Å². The van der Waals surface area contributed by atoms with E-state index in [9.17, 15) is 9.90 Å². The normalized spacial score (nSPS) is 16.2. The summed E-state index contributed by atoms with van der Waals surface area (Å²) in [6, 6.07) is 29.4. The van der Waals surface area contributed by atoms with Crippen LogP contribution in [0, 0.1) is 0 Å². The molecule has 5 heteroatoms. The van der Waals surface area contributed by atoms with Crippen molar-refractivity contribution in [1.82, 2.24) is 5.32 Å². The summed E-state index contributed by atoms with van der Waals surface area (Å²) in [4.78, 5) is 13.2. The van der Waals surface area contributed by atoms with Crippen LogP contribution >= 0.6 is 0 Å². The third kappa shape index (κ3) is 4.26. The lowest BCUT2D eigenvalue weighted by atomic mass is 9.76. The minimum atomic E-state index is -1.03. The first-order valence-electron chi connectivity index (χ1n) is 10.6. The molecule has 31 heavy (non-hydrogen) atoms. The Morgan fingerprint density at radius 3 is 1.68 bits per heavy atom. The highest BCUT2D eigenvalue weighted by Crippen LogP contribution is 2.37. The van der Waals surface area contributed by atoms with E-state index < -0.39 is 17.2 Å². The fraction of sp³-hybridized carbons (Fsp3) is 0.269. The van der Waals surface area contributed by atoms with E-state index in [4.69, 9.17) is 10.5 Å². The van der Waals surface area contributed by atoms with Gasteiger partial charge >= 0.3 is 0 Å². The van der Waals surface area contributed by atoms with Crippen LogP contribution < -0.4 is 11.1 Å². The largest absolute Gasteiger partial charge is 0.383 e. The number of ether oxygens (including phenoxy) is 1. The minimum Gasteiger partial charge on any atom is -0.383 e.